The molecular weight excluding hydrogens is 420 g/mol. The van der Waals surface area contributed by atoms with Crippen molar-refractivity contribution in [3.63, 3.8) is 0 Å². The molecule has 0 atom stereocenters. The fourth-order valence-electron chi connectivity index (χ4n) is 2.89. The van der Waals surface area contributed by atoms with Crippen LogP contribution in [0.5, 0.6) is 5.75 Å². The number of nitrogens with one attached hydrogen (secondary N) is 2. The Morgan fingerprint density at radius 1 is 1.03 bits per heavy atom. The second kappa shape index (κ2) is 8.77. The minimum absolute atomic E-state index is 0.0284. The molecular formula is C22H23ClN4O4. The van der Waals surface area contributed by atoms with Crippen LogP contribution in [-0.2, 0) is 4.79 Å². The molecule has 0 fully saturated rings. The number of nitrogens with zero attached hydrogens (tertiary/aromatic N) is 2. The average molecular weight is 443 g/mol. The predicted molar refractivity (Wildman–Crippen MR) is 118 cm³/mol. The van der Waals surface area contributed by atoms with Crippen molar-refractivity contribution in [2.24, 2.45) is 0 Å². The zero-order valence-corrected chi connectivity index (χ0v) is 18.4. The topological polar surface area (TPSA) is 102 Å². The molecule has 0 radical (unpaired) electrons. The van der Waals surface area contributed by atoms with Crippen LogP contribution in [0.25, 0.3) is 10.8 Å². The molecule has 0 unspecified atom stereocenters. The van der Waals surface area contributed by atoms with Gasteiger partial charge in [0.2, 0.25) is 0 Å². The van der Waals surface area contributed by atoms with E-state index in [0.717, 1.165) is 0 Å². The van der Waals surface area contributed by atoms with Crippen LogP contribution in [0.15, 0.2) is 53.3 Å². The number of carbonyl (C=O) groups excluding carboxylic acids is 2. The van der Waals surface area contributed by atoms with Crippen molar-refractivity contribution >= 4 is 34.2 Å². The van der Waals surface area contributed by atoms with Crippen molar-refractivity contribution in [3.8, 4) is 5.75 Å². The lowest BCUT2D eigenvalue weighted by Gasteiger charge is -2.25. The summed E-state index contributed by atoms with van der Waals surface area (Å²) in [5, 5.41) is 5.52. The normalized spacial score (nSPS) is 11.4. The van der Waals surface area contributed by atoms with E-state index in [1.807, 2.05) is 0 Å². The Bertz CT molecular complexity index is 1190. The second-order valence-corrected chi connectivity index (χ2v) is 8.15. The number of ether oxygens (including phenoxy) is 1. The first-order valence-corrected chi connectivity index (χ1v) is 10.0. The number of benzene rings is 2. The van der Waals surface area contributed by atoms with Gasteiger partial charge in [0.1, 0.15) is 5.75 Å². The maximum atomic E-state index is 12.8. The maximum absolute atomic E-state index is 12.8. The Morgan fingerprint density at radius 2 is 1.65 bits per heavy atom. The lowest BCUT2D eigenvalue weighted by molar-refractivity contribution is -0.135. The molecule has 9 heteroatoms. The molecule has 2 amide bonds. The molecule has 2 N–H and O–H groups in total. The summed E-state index contributed by atoms with van der Waals surface area (Å²) in [7, 11) is 0. The highest BCUT2D eigenvalue weighted by atomic mass is 35.5. The Hall–Kier alpha value is -3.39. The molecule has 3 aromatic rings. The zero-order valence-electron chi connectivity index (χ0n) is 17.6. The van der Waals surface area contributed by atoms with E-state index >= 15 is 0 Å². The summed E-state index contributed by atoms with van der Waals surface area (Å²) in [6.45, 7) is 6.72. The summed E-state index contributed by atoms with van der Waals surface area (Å²) >= 11 is 5.86. The highest BCUT2D eigenvalue weighted by molar-refractivity contribution is 6.30. The number of hydrogen-bond donors (Lipinski definition) is 2. The van der Waals surface area contributed by atoms with E-state index in [9.17, 15) is 14.4 Å². The first kappa shape index (κ1) is 22.3. The fourth-order valence-corrected chi connectivity index (χ4v) is 3.02. The van der Waals surface area contributed by atoms with Gasteiger partial charge in [0.05, 0.1) is 11.4 Å². The van der Waals surface area contributed by atoms with Crippen molar-refractivity contribution in [2.75, 3.05) is 0 Å². The van der Waals surface area contributed by atoms with E-state index in [4.69, 9.17) is 16.3 Å². The molecule has 0 aliphatic carbocycles. The van der Waals surface area contributed by atoms with Crippen LogP contribution in [-0.4, -0.2) is 27.2 Å². The van der Waals surface area contributed by atoms with Crippen molar-refractivity contribution in [3.05, 3.63) is 69.6 Å². The van der Waals surface area contributed by atoms with Gasteiger partial charge in [0.25, 0.3) is 17.4 Å². The van der Waals surface area contributed by atoms with Gasteiger partial charge >= 0.3 is 0 Å². The third-order valence-electron chi connectivity index (χ3n) is 4.56. The van der Waals surface area contributed by atoms with E-state index in [1.165, 1.54) is 4.68 Å². The molecule has 0 aliphatic heterocycles. The molecule has 0 spiro atoms. The first-order chi connectivity index (χ1) is 14.6. The van der Waals surface area contributed by atoms with Gasteiger partial charge in [-0.15, -0.1) is 0 Å². The summed E-state index contributed by atoms with van der Waals surface area (Å²) in [6.07, 6.45) is 0. The highest BCUT2D eigenvalue weighted by Gasteiger charge is 2.31. The van der Waals surface area contributed by atoms with Crippen LogP contribution < -0.4 is 21.1 Å². The van der Waals surface area contributed by atoms with Gasteiger partial charge in [-0.05, 0) is 58.0 Å². The monoisotopic (exact) mass is 442 g/mol. The number of rotatable bonds is 5. The van der Waals surface area contributed by atoms with Gasteiger partial charge < -0.3 is 4.74 Å². The van der Waals surface area contributed by atoms with E-state index < -0.39 is 17.4 Å². The molecule has 0 bridgehead atoms. The third-order valence-corrected chi connectivity index (χ3v) is 4.81. The maximum Gasteiger partial charge on any atom is 0.290 e. The number of carbonyl (C=O) groups is 2. The molecule has 162 valence electrons. The third kappa shape index (κ3) is 4.86. The van der Waals surface area contributed by atoms with Crippen molar-refractivity contribution in [1.82, 2.24) is 20.6 Å². The SMILES string of the molecule is CC(C)n1nc(C(=O)NNC(=O)C(C)(C)Oc2ccc(Cl)cc2)c2ccccc2c1=O. The molecule has 0 saturated carbocycles. The molecule has 2 aromatic carbocycles. The van der Waals surface area contributed by atoms with Crippen LogP contribution in [0, 0.1) is 0 Å². The zero-order chi connectivity index (χ0) is 22.8. The van der Waals surface area contributed by atoms with Crippen LogP contribution in [0.2, 0.25) is 5.02 Å². The summed E-state index contributed by atoms with van der Waals surface area (Å²) in [5.74, 6) is -0.772. The number of halogens is 1. The van der Waals surface area contributed by atoms with E-state index in [2.05, 4.69) is 16.0 Å². The molecule has 3 rings (SSSR count). The number of fused-ring (bicyclic) bond motifs is 1. The summed E-state index contributed by atoms with van der Waals surface area (Å²) in [4.78, 5) is 38.0. The van der Waals surface area contributed by atoms with Gasteiger partial charge in [0.15, 0.2) is 11.3 Å². The fraction of sp³-hybridized carbons (Fsp3) is 0.273. The molecule has 0 saturated heterocycles. The largest absolute Gasteiger partial charge is 0.478 e. The van der Waals surface area contributed by atoms with Crippen molar-refractivity contribution in [2.45, 2.75) is 39.3 Å². The molecule has 1 heterocycles. The summed E-state index contributed by atoms with van der Waals surface area (Å²) in [5.41, 5.74) is 3.18. The predicted octanol–water partition coefficient (Wildman–Crippen LogP) is 3.25. The number of aromatic nitrogens is 2. The Kier molecular flexibility index (Phi) is 6.31. The Morgan fingerprint density at radius 3 is 2.26 bits per heavy atom. The van der Waals surface area contributed by atoms with E-state index in [1.54, 1.807) is 76.2 Å². The van der Waals surface area contributed by atoms with Crippen LogP contribution in [0.4, 0.5) is 0 Å². The first-order valence-electron chi connectivity index (χ1n) is 9.67. The number of hydrogen-bond acceptors (Lipinski definition) is 5. The standard InChI is InChI=1S/C22H23ClN4O4/c1-13(2)27-20(29)17-8-6-5-7-16(17)18(26-27)19(28)24-25-21(30)22(3,4)31-15-11-9-14(23)10-12-15/h5-13H,1-4H3,(H,24,28)(H,25,30). The molecule has 1 aromatic heterocycles. The number of amides is 2. The van der Waals surface area contributed by atoms with Gasteiger partial charge in [-0.2, -0.15) is 5.10 Å². The minimum atomic E-state index is -1.28. The summed E-state index contributed by atoms with van der Waals surface area (Å²) in [6, 6.07) is 13.0. The number of hydrazine groups is 1. The van der Waals surface area contributed by atoms with E-state index in [0.29, 0.717) is 21.5 Å². The van der Waals surface area contributed by atoms with Gasteiger partial charge in [-0.1, -0.05) is 29.8 Å². The van der Waals surface area contributed by atoms with Crippen LogP contribution in [0.1, 0.15) is 44.2 Å². The average Bonchev–Trinajstić information content (AvgIpc) is 2.73. The molecule has 31 heavy (non-hydrogen) atoms. The molecule has 0 aliphatic rings. The minimum Gasteiger partial charge on any atom is -0.478 e. The lowest BCUT2D eigenvalue weighted by Crippen LogP contribution is -2.53. The van der Waals surface area contributed by atoms with Crippen molar-refractivity contribution in [1.29, 1.82) is 0 Å². The molecule has 8 nitrogen and oxygen atoms in total. The second-order valence-electron chi connectivity index (χ2n) is 7.71. The van der Waals surface area contributed by atoms with E-state index in [-0.39, 0.29) is 17.3 Å². The van der Waals surface area contributed by atoms with Crippen LogP contribution >= 0.6 is 11.6 Å². The lowest BCUT2D eigenvalue weighted by atomic mass is 10.1. The van der Waals surface area contributed by atoms with Crippen LogP contribution in [0.3, 0.4) is 0 Å². The van der Waals surface area contributed by atoms with Crippen molar-refractivity contribution < 1.29 is 14.3 Å². The highest BCUT2D eigenvalue weighted by Crippen LogP contribution is 2.21. The smallest absolute Gasteiger partial charge is 0.290 e. The van der Waals surface area contributed by atoms with Gasteiger partial charge in [0, 0.05) is 10.4 Å². The van der Waals surface area contributed by atoms with Gasteiger partial charge in [-0.3, -0.25) is 25.2 Å². The Balaban J connectivity index is 1.79. The quantitative estimate of drug-likeness (QED) is 0.590. The Labute approximate surface area is 184 Å². The summed E-state index contributed by atoms with van der Waals surface area (Å²) < 4.78 is 6.95. The van der Waals surface area contributed by atoms with Gasteiger partial charge in [-0.25, -0.2) is 4.68 Å².